The van der Waals surface area contributed by atoms with Crippen LogP contribution in [0, 0.1) is 11.8 Å². The van der Waals surface area contributed by atoms with Gasteiger partial charge in [-0.25, -0.2) is 0 Å². The second kappa shape index (κ2) is 9.76. The average molecular weight is 370 g/mol. The number of hydrogen-bond acceptors (Lipinski definition) is 5. The lowest BCUT2D eigenvalue weighted by atomic mass is 10.1. The summed E-state index contributed by atoms with van der Waals surface area (Å²) in [7, 11) is 0. The van der Waals surface area contributed by atoms with Crippen LogP contribution in [0.3, 0.4) is 0 Å². The van der Waals surface area contributed by atoms with Crippen LogP contribution < -0.4 is 14.2 Å². The van der Waals surface area contributed by atoms with E-state index in [1.807, 2.05) is 58.0 Å². The second-order valence-corrected chi connectivity index (χ2v) is 7.17. The van der Waals surface area contributed by atoms with Crippen molar-refractivity contribution in [1.82, 2.24) is 0 Å². The van der Waals surface area contributed by atoms with Crippen LogP contribution in [-0.4, -0.2) is 11.9 Å². The highest BCUT2D eigenvalue weighted by Crippen LogP contribution is 2.34. The van der Waals surface area contributed by atoms with Crippen LogP contribution in [0.15, 0.2) is 48.5 Å². The van der Waals surface area contributed by atoms with Gasteiger partial charge in [-0.3, -0.25) is 9.59 Å². The van der Waals surface area contributed by atoms with Gasteiger partial charge in [0.1, 0.15) is 11.5 Å². The topological polar surface area (TPSA) is 61.8 Å². The molecule has 0 fully saturated rings. The number of esters is 2. The molecule has 5 nitrogen and oxygen atoms in total. The van der Waals surface area contributed by atoms with Crippen molar-refractivity contribution in [3.8, 4) is 23.0 Å². The molecular formula is C22H26O5. The zero-order valence-corrected chi connectivity index (χ0v) is 16.2. The molecule has 0 aliphatic carbocycles. The lowest BCUT2D eigenvalue weighted by Crippen LogP contribution is -2.14. The van der Waals surface area contributed by atoms with Crippen LogP contribution in [0.5, 0.6) is 23.0 Å². The van der Waals surface area contributed by atoms with E-state index in [-0.39, 0.29) is 48.1 Å². The monoisotopic (exact) mass is 370 g/mol. The van der Waals surface area contributed by atoms with Crippen LogP contribution >= 0.6 is 0 Å². The molecule has 2 rings (SSSR count). The highest BCUT2D eigenvalue weighted by molar-refractivity contribution is 5.76. The molecule has 0 N–H and O–H groups in total. The van der Waals surface area contributed by atoms with Crippen molar-refractivity contribution in [2.45, 2.75) is 40.5 Å². The van der Waals surface area contributed by atoms with Gasteiger partial charge in [0, 0.05) is 18.9 Å². The van der Waals surface area contributed by atoms with E-state index in [0.717, 1.165) is 0 Å². The zero-order chi connectivity index (χ0) is 19.8. The SMILES string of the molecule is CC(C)CC(=O)Oc1ccc(Oc2ccccc2)cc1OC(=O)CC(C)C. The van der Waals surface area contributed by atoms with Gasteiger partial charge >= 0.3 is 11.9 Å². The third kappa shape index (κ3) is 7.13. The minimum atomic E-state index is -0.386. The van der Waals surface area contributed by atoms with E-state index in [0.29, 0.717) is 11.5 Å². The molecule has 0 saturated carbocycles. The van der Waals surface area contributed by atoms with E-state index in [1.54, 1.807) is 18.2 Å². The van der Waals surface area contributed by atoms with E-state index in [1.165, 1.54) is 0 Å². The summed E-state index contributed by atoms with van der Waals surface area (Å²) in [5, 5.41) is 0. The first-order chi connectivity index (χ1) is 12.8. The Morgan fingerprint density at radius 2 is 1.30 bits per heavy atom. The highest BCUT2D eigenvalue weighted by Gasteiger charge is 2.17. The van der Waals surface area contributed by atoms with Crippen molar-refractivity contribution >= 4 is 11.9 Å². The predicted octanol–water partition coefficient (Wildman–Crippen LogP) is 5.38. The Hall–Kier alpha value is -2.82. The summed E-state index contributed by atoms with van der Waals surface area (Å²) < 4.78 is 16.6. The first kappa shape index (κ1) is 20.5. The second-order valence-electron chi connectivity index (χ2n) is 7.17. The van der Waals surface area contributed by atoms with Gasteiger partial charge in [0.15, 0.2) is 11.5 Å². The number of rotatable bonds is 8. The largest absolute Gasteiger partial charge is 0.457 e. The quantitative estimate of drug-likeness (QED) is 0.461. The predicted molar refractivity (Wildman–Crippen MR) is 103 cm³/mol. The summed E-state index contributed by atoms with van der Waals surface area (Å²) in [5.74, 6) is 1.09. The van der Waals surface area contributed by atoms with Gasteiger partial charge in [-0.1, -0.05) is 45.9 Å². The Labute approximate surface area is 160 Å². The fraction of sp³-hybridized carbons (Fsp3) is 0.364. The summed E-state index contributed by atoms with van der Waals surface area (Å²) in [4.78, 5) is 24.1. The Bertz CT molecular complexity index is 766. The molecule has 2 aromatic rings. The molecule has 0 atom stereocenters. The molecular weight excluding hydrogens is 344 g/mol. The highest BCUT2D eigenvalue weighted by atomic mass is 16.6. The van der Waals surface area contributed by atoms with E-state index in [4.69, 9.17) is 14.2 Å². The Balaban J connectivity index is 2.23. The number of carbonyl (C=O) groups is 2. The summed E-state index contributed by atoms with van der Waals surface area (Å²) >= 11 is 0. The van der Waals surface area contributed by atoms with Crippen LogP contribution in [0.4, 0.5) is 0 Å². The molecule has 144 valence electrons. The van der Waals surface area contributed by atoms with Crippen LogP contribution in [-0.2, 0) is 9.59 Å². The minimum Gasteiger partial charge on any atom is -0.457 e. The molecule has 0 aromatic heterocycles. The van der Waals surface area contributed by atoms with Gasteiger partial charge in [-0.2, -0.15) is 0 Å². The first-order valence-corrected chi connectivity index (χ1v) is 9.11. The molecule has 2 aromatic carbocycles. The Morgan fingerprint density at radius 3 is 1.85 bits per heavy atom. The molecule has 0 radical (unpaired) electrons. The maximum absolute atomic E-state index is 12.1. The molecule has 5 heteroatoms. The Kier molecular flexibility index (Phi) is 7.41. The molecule has 0 amide bonds. The number of hydrogen-bond donors (Lipinski definition) is 0. The van der Waals surface area contributed by atoms with Crippen LogP contribution in [0.25, 0.3) is 0 Å². The lowest BCUT2D eigenvalue weighted by molar-refractivity contribution is -0.138. The molecule has 0 bridgehead atoms. The van der Waals surface area contributed by atoms with Gasteiger partial charge in [0.2, 0.25) is 0 Å². The van der Waals surface area contributed by atoms with Gasteiger partial charge in [0.05, 0.1) is 0 Å². The summed E-state index contributed by atoms with van der Waals surface area (Å²) in [6, 6.07) is 14.1. The smallest absolute Gasteiger partial charge is 0.311 e. The summed E-state index contributed by atoms with van der Waals surface area (Å²) in [6.45, 7) is 7.73. The lowest BCUT2D eigenvalue weighted by Gasteiger charge is -2.14. The average Bonchev–Trinajstić information content (AvgIpc) is 2.56. The molecule has 27 heavy (non-hydrogen) atoms. The standard InChI is InChI=1S/C22H26O5/c1-15(2)12-21(23)26-19-11-10-18(25-17-8-6-5-7-9-17)14-20(19)27-22(24)13-16(3)4/h5-11,14-16H,12-13H2,1-4H3. The fourth-order valence-electron chi connectivity index (χ4n) is 2.34. The molecule has 0 saturated heterocycles. The maximum atomic E-state index is 12.1. The van der Waals surface area contributed by atoms with Crippen molar-refractivity contribution in [3.05, 3.63) is 48.5 Å². The number of benzene rings is 2. The van der Waals surface area contributed by atoms with Gasteiger partial charge in [-0.15, -0.1) is 0 Å². The number of ether oxygens (including phenoxy) is 3. The van der Waals surface area contributed by atoms with Crippen molar-refractivity contribution in [2.24, 2.45) is 11.8 Å². The zero-order valence-electron chi connectivity index (χ0n) is 16.2. The van der Waals surface area contributed by atoms with Crippen LogP contribution in [0.1, 0.15) is 40.5 Å². The number of para-hydroxylation sites is 1. The third-order valence-electron chi connectivity index (χ3n) is 3.49. The van der Waals surface area contributed by atoms with E-state index < -0.39 is 0 Å². The minimum absolute atomic E-state index is 0.160. The van der Waals surface area contributed by atoms with E-state index >= 15 is 0 Å². The normalized spacial score (nSPS) is 10.7. The van der Waals surface area contributed by atoms with Gasteiger partial charge in [0.25, 0.3) is 0 Å². The van der Waals surface area contributed by atoms with Crippen molar-refractivity contribution < 1.29 is 23.8 Å². The molecule has 0 aliphatic heterocycles. The van der Waals surface area contributed by atoms with Crippen molar-refractivity contribution in [1.29, 1.82) is 0 Å². The van der Waals surface area contributed by atoms with E-state index in [2.05, 4.69) is 0 Å². The fourth-order valence-corrected chi connectivity index (χ4v) is 2.34. The first-order valence-electron chi connectivity index (χ1n) is 9.11. The van der Waals surface area contributed by atoms with Gasteiger partial charge in [-0.05, 0) is 36.1 Å². The van der Waals surface area contributed by atoms with Crippen molar-refractivity contribution in [3.63, 3.8) is 0 Å². The maximum Gasteiger partial charge on any atom is 0.311 e. The van der Waals surface area contributed by atoms with Crippen molar-refractivity contribution in [2.75, 3.05) is 0 Å². The third-order valence-corrected chi connectivity index (χ3v) is 3.49. The summed E-state index contributed by atoms with van der Waals surface area (Å²) in [5.41, 5.74) is 0. The Morgan fingerprint density at radius 1 is 0.741 bits per heavy atom. The van der Waals surface area contributed by atoms with E-state index in [9.17, 15) is 9.59 Å². The summed E-state index contributed by atoms with van der Waals surface area (Å²) in [6.07, 6.45) is 0.546. The van der Waals surface area contributed by atoms with Gasteiger partial charge < -0.3 is 14.2 Å². The molecule has 0 spiro atoms. The number of carbonyl (C=O) groups excluding carboxylic acids is 2. The molecule has 0 unspecified atom stereocenters. The molecule has 0 aliphatic rings. The van der Waals surface area contributed by atoms with Crippen LogP contribution in [0.2, 0.25) is 0 Å². The molecule has 0 heterocycles.